The summed E-state index contributed by atoms with van der Waals surface area (Å²) in [6.45, 7) is 11.5. The topological polar surface area (TPSA) is 52.6 Å². The van der Waals surface area contributed by atoms with Gasteiger partial charge in [0.15, 0.2) is 8.32 Å². The minimum Gasteiger partial charge on any atom is -0.417 e. The highest BCUT2D eigenvalue weighted by Gasteiger charge is 2.55. The number of fused-ring (bicyclic) bond motifs is 1. The number of alkyl halides is 3. The Bertz CT molecular complexity index is 705. The average molecular weight is 457 g/mol. The van der Waals surface area contributed by atoms with Gasteiger partial charge in [0.05, 0.1) is 0 Å². The van der Waals surface area contributed by atoms with E-state index in [9.17, 15) is 21.6 Å². The number of rotatable bonds is 9. The standard InChI is InChI=1S/C20H35F3O4SSi/c1-6-7-13-29(4,5)26-14-15(2)16-10-11-17-18(9-8-12-19(16,17)3)27-28(24,25)20(21,22)23/h9,15-17H,6-8,10-14H2,1-5H3. The van der Waals surface area contributed by atoms with E-state index in [0.717, 1.165) is 31.7 Å². The van der Waals surface area contributed by atoms with Crippen molar-refractivity contribution in [1.29, 1.82) is 0 Å². The summed E-state index contributed by atoms with van der Waals surface area (Å²) in [5.74, 6) is 0.205. The zero-order valence-corrected chi connectivity index (χ0v) is 20.0. The van der Waals surface area contributed by atoms with Gasteiger partial charge in [0.2, 0.25) is 0 Å². The van der Waals surface area contributed by atoms with Crippen LogP contribution < -0.4 is 0 Å². The average Bonchev–Trinajstić information content (AvgIpc) is 2.95. The van der Waals surface area contributed by atoms with Crippen LogP contribution >= 0.6 is 0 Å². The Morgan fingerprint density at radius 1 is 1.31 bits per heavy atom. The van der Waals surface area contributed by atoms with Crippen LogP contribution in [0.3, 0.4) is 0 Å². The van der Waals surface area contributed by atoms with E-state index in [-0.39, 0.29) is 28.9 Å². The van der Waals surface area contributed by atoms with Crippen molar-refractivity contribution >= 4 is 18.4 Å². The van der Waals surface area contributed by atoms with Gasteiger partial charge in [0, 0.05) is 12.5 Å². The first-order valence-electron chi connectivity index (χ1n) is 10.6. The third kappa shape index (κ3) is 5.58. The number of hydrogen-bond acceptors (Lipinski definition) is 4. The van der Waals surface area contributed by atoms with Crippen molar-refractivity contribution < 1.29 is 30.2 Å². The van der Waals surface area contributed by atoms with Gasteiger partial charge in [-0.1, -0.05) is 33.6 Å². The summed E-state index contributed by atoms with van der Waals surface area (Å²) in [6, 6.07) is 1.12. The second-order valence-corrected chi connectivity index (χ2v) is 15.4. The maximum absolute atomic E-state index is 12.8. The van der Waals surface area contributed by atoms with Crippen molar-refractivity contribution in [3.8, 4) is 0 Å². The zero-order valence-electron chi connectivity index (χ0n) is 18.1. The van der Waals surface area contributed by atoms with E-state index in [1.54, 1.807) is 0 Å². The summed E-state index contributed by atoms with van der Waals surface area (Å²) in [6.07, 6.45) is 6.67. The SMILES string of the molecule is CCCC[Si](C)(C)OCC(C)C1CCC2C(OS(=O)(=O)C(F)(F)F)=CCCC21C. The lowest BCUT2D eigenvalue weighted by Gasteiger charge is -2.43. The highest BCUT2D eigenvalue weighted by atomic mass is 32.2. The van der Waals surface area contributed by atoms with Crippen molar-refractivity contribution in [1.82, 2.24) is 0 Å². The molecule has 0 amide bonds. The second kappa shape index (κ2) is 8.90. The minimum absolute atomic E-state index is 0.0238. The van der Waals surface area contributed by atoms with Gasteiger partial charge in [-0.2, -0.15) is 21.6 Å². The van der Waals surface area contributed by atoms with Gasteiger partial charge in [-0.15, -0.1) is 0 Å². The Kier molecular flexibility index (Phi) is 7.59. The Hall–Kier alpha value is -0.543. The molecule has 0 aromatic carbocycles. The maximum atomic E-state index is 12.8. The molecule has 0 aliphatic heterocycles. The Balaban J connectivity index is 2.08. The summed E-state index contributed by atoms with van der Waals surface area (Å²) >= 11 is 0. The molecule has 4 atom stereocenters. The van der Waals surface area contributed by atoms with Crippen LogP contribution in [0, 0.1) is 23.2 Å². The van der Waals surface area contributed by atoms with Crippen molar-refractivity contribution in [2.45, 2.75) is 83.9 Å². The molecule has 0 radical (unpaired) electrons. The molecular weight excluding hydrogens is 421 g/mol. The first kappa shape index (κ1) is 24.7. The molecule has 1 saturated carbocycles. The van der Waals surface area contributed by atoms with E-state index in [0.29, 0.717) is 19.4 Å². The van der Waals surface area contributed by atoms with Crippen LogP contribution in [-0.2, 0) is 18.7 Å². The third-order valence-corrected chi connectivity index (χ3v) is 10.3. The largest absolute Gasteiger partial charge is 0.534 e. The number of hydrogen-bond donors (Lipinski definition) is 0. The molecule has 2 rings (SSSR count). The molecule has 2 aliphatic rings. The molecule has 0 spiro atoms. The maximum Gasteiger partial charge on any atom is 0.534 e. The van der Waals surface area contributed by atoms with Crippen molar-refractivity contribution in [2.24, 2.45) is 23.2 Å². The van der Waals surface area contributed by atoms with Gasteiger partial charge in [-0.25, -0.2) is 0 Å². The quantitative estimate of drug-likeness (QED) is 0.235. The van der Waals surface area contributed by atoms with Crippen LogP contribution in [-0.4, -0.2) is 28.9 Å². The summed E-state index contributed by atoms with van der Waals surface area (Å²) in [7, 11) is -7.34. The molecule has 0 aromatic heterocycles. The summed E-state index contributed by atoms with van der Waals surface area (Å²) in [4.78, 5) is 0. The highest BCUT2D eigenvalue weighted by molar-refractivity contribution is 7.87. The first-order chi connectivity index (χ1) is 13.2. The van der Waals surface area contributed by atoms with E-state index in [4.69, 9.17) is 4.43 Å². The minimum atomic E-state index is -5.63. The van der Waals surface area contributed by atoms with E-state index < -0.39 is 23.9 Å². The summed E-state index contributed by atoms with van der Waals surface area (Å²) in [5.41, 5.74) is -5.68. The fourth-order valence-corrected chi connectivity index (χ4v) is 7.70. The van der Waals surface area contributed by atoms with Gasteiger partial charge in [-0.3, -0.25) is 0 Å². The lowest BCUT2D eigenvalue weighted by atomic mass is 9.64. The van der Waals surface area contributed by atoms with Crippen molar-refractivity contribution in [2.75, 3.05) is 6.61 Å². The zero-order chi connectivity index (χ0) is 22.1. The van der Waals surface area contributed by atoms with Gasteiger partial charge in [-0.05, 0) is 68.1 Å². The number of unbranched alkanes of at least 4 members (excludes halogenated alkanes) is 1. The third-order valence-electron chi connectivity index (χ3n) is 6.83. The van der Waals surface area contributed by atoms with Crippen LogP contribution in [0.4, 0.5) is 13.2 Å². The van der Waals surface area contributed by atoms with Crippen LogP contribution in [0.25, 0.3) is 0 Å². The number of halogens is 3. The van der Waals surface area contributed by atoms with Crippen LogP contribution in [0.5, 0.6) is 0 Å². The summed E-state index contributed by atoms with van der Waals surface area (Å²) < 4.78 is 72.3. The lowest BCUT2D eigenvalue weighted by Crippen LogP contribution is -2.39. The van der Waals surface area contributed by atoms with Crippen LogP contribution in [0.15, 0.2) is 11.8 Å². The van der Waals surface area contributed by atoms with E-state index in [2.05, 4.69) is 38.0 Å². The van der Waals surface area contributed by atoms with Gasteiger partial charge in [0.25, 0.3) is 0 Å². The molecule has 4 nitrogen and oxygen atoms in total. The smallest absolute Gasteiger partial charge is 0.417 e. The molecule has 9 heteroatoms. The fraction of sp³-hybridized carbons (Fsp3) is 0.900. The molecule has 29 heavy (non-hydrogen) atoms. The monoisotopic (exact) mass is 456 g/mol. The molecule has 0 N–H and O–H groups in total. The fourth-order valence-electron chi connectivity index (χ4n) is 5.11. The first-order valence-corrected chi connectivity index (χ1v) is 15.1. The molecular formula is C20H35F3O4SSi. The summed E-state index contributed by atoms with van der Waals surface area (Å²) in [5, 5.41) is 0. The van der Waals surface area contributed by atoms with E-state index in [1.165, 1.54) is 6.08 Å². The Morgan fingerprint density at radius 2 is 1.97 bits per heavy atom. The molecule has 0 saturated heterocycles. The van der Waals surface area contributed by atoms with Gasteiger partial charge < -0.3 is 8.61 Å². The molecule has 0 aromatic rings. The van der Waals surface area contributed by atoms with E-state index in [1.807, 2.05) is 0 Å². The molecule has 4 unspecified atom stereocenters. The lowest BCUT2D eigenvalue weighted by molar-refractivity contribution is -0.0537. The number of allylic oxidation sites excluding steroid dienone is 2. The van der Waals surface area contributed by atoms with E-state index >= 15 is 0 Å². The highest BCUT2D eigenvalue weighted by Crippen LogP contribution is 2.58. The molecule has 0 bridgehead atoms. The normalized spacial score (nSPS) is 29.3. The molecule has 2 aliphatic carbocycles. The van der Waals surface area contributed by atoms with Gasteiger partial charge in [0.1, 0.15) is 5.76 Å². The van der Waals surface area contributed by atoms with Crippen LogP contribution in [0.1, 0.15) is 59.3 Å². The predicted octanol–water partition coefficient (Wildman–Crippen LogP) is 6.22. The van der Waals surface area contributed by atoms with Crippen LogP contribution in [0.2, 0.25) is 19.1 Å². The molecule has 170 valence electrons. The predicted molar refractivity (Wildman–Crippen MR) is 110 cm³/mol. The molecule has 1 fully saturated rings. The Morgan fingerprint density at radius 3 is 2.55 bits per heavy atom. The van der Waals surface area contributed by atoms with Crippen molar-refractivity contribution in [3.63, 3.8) is 0 Å². The molecule has 0 heterocycles. The van der Waals surface area contributed by atoms with Gasteiger partial charge >= 0.3 is 15.6 Å². The second-order valence-electron chi connectivity index (χ2n) is 9.52. The Labute approximate surface area is 174 Å². The van der Waals surface area contributed by atoms with Crippen molar-refractivity contribution in [3.05, 3.63) is 11.8 Å².